The van der Waals surface area contributed by atoms with Crippen LogP contribution in [0.2, 0.25) is 5.02 Å². The molecule has 0 aliphatic carbocycles. The van der Waals surface area contributed by atoms with Gasteiger partial charge in [-0.25, -0.2) is 14.6 Å². The molecule has 2 aromatic rings. The van der Waals surface area contributed by atoms with E-state index >= 15 is 0 Å². The molecule has 6 nitrogen and oxygen atoms in total. The molecule has 2 rings (SSSR count). The van der Waals surface area contributed by atoms with Gasteiger partial charge in [0.15, 0.2) is 0 Å². The number of aryl methyl sites for hydroxylation is 1. The number of nitrogens with zero attached hydrogens (tertiary/aromatic N) is 1. The lowest BCUT2D eigenvalue weighted by Crippen LogP contribution is -2.05. The quantitative estimate of drug-likeness (QED) is 0.897. The number of halogens is 1. The van der Waals surface area contributed by atoms with Crippen molar-refractivity contribution in [2.24, 2.45) is 0 Å². The van der Waals surface area contributed by atoms with Crippen molar-refractivity contribution in [2.75, 3.05) is 0 Å². The summed E-state index contributed by atoms with van der Waals surface area (Å²) in [6.07, 6.45) is 0. The summed E-state index contributed by atoms with van der Waals surface area (Å²) >= 11 is 5.87. The number of carbonyl (C=O) groups is 2. The van der Waals surface area contributed by atoms with Crippen molar-refractivity contribution < 1.29 is 24.2 Å². The maximum Gasteiger partial charge on any atom is 0.374 e. The van der Waals surface area contributed by atoms with E-state index in [1.54, 1.807) is 19.1 Å². The van der Waals surface area contributed by atoms with Crippen LogP contribution in [0.15, 0.2) is 22.6 Å². The number of carboxylic acids is 2. The average molecular weight is 282 g/mol. The first-order chi connectivity index (χ1) is 8.88. The van der Waals surface area contributed by atoms with Crippen molar-refractivity contribution in [2.45, 2.75) is 6.92 Å². The fourth-order valence-electron chi connectivity index (χ4n) is 1.59. The monoisotopic (exact) mass is 281 g/mol. The number of hydrogen-bond donors (Lipinski definition) is 2. The summed E-state index contributed by atoms with van der Waals surface area (Å²) in [6, 6.07) is 4.87. The largest absolute Gasteiger partial charge is 0.476 e. The first kappa shape index (κ1) is 13.1. The number of benzene rings is 1. The van der Waals surface area contributed by atoms with Gasteiger partial charge in [-0.15, -0.1) is 0 Å². The minimum Gasteiger partial charge on any atom is -0.476 e. The van der Waals surface area contributed by atoms with Crippen LogP contribution in [-0.4, -0.2) is 27.1 Å². The van der Waals surface area contributed by atoms with Gasteiger partial charge in [-0.3, -0.25) is 0 Å². The molecule has 19 heavy (non-hydrogen) atoms. The smallest absolute Gasteiger partial charge is 0.374 e. The highest BCUT2D eigenvalue weighted by molar-refractivity contribution is 6.30. The standard InChI is InChI=1S/C12H8ClNO5/c1-5-2-6(4-7(13)3-5)10-14-8(11(15)16)9(19-10)12(17)18/h2-4H,1H3,(H,15,16)(H,17,18). The molecule has 0 atom stereocenters. The minimum atomic E-state index is -1.49. The van der Waals surface area contributed by atoms with E-state index in [1.165, 1.54) is 6.07 Å². The van der Waals surface area contributed by atoms with Crippen molar-refractivity contribution in [1.82, 2.24) is 4.98 Å². The summed E-state index contributed by atoms with van der Waals surface area (Å²) in [5.41, 5.74) is 0.592. The van der Waals surface area contributed by atoms with Gasteiger partial charge in [-0.05, 0) is 30.7 Å². The lowest BCUT2D eigenvalue weighted by Gasteiger charge is -1.99. The van der Waals surface area contributed by atoms with Gasteiger partial charge in [-0.2, -0.15) is 0 Å². The maximum absolute atomic E-state index is 10.9. The summed E-state index contributed by atoms with van der Waals surface area (Å²) in [5, 5.41) is 18.2. The third kappa shape index (κ3) is 2.58. The van der Waals surface area contributed by atoms with Crippen LogP contribution in [0.3, 0.4) is 0 Å². The fourth-order valence-corrected chi connectivity index (χ4v) is 1.88. The van der Waals surface area contributed by atoms with Crippen LogP contribution in [0.5, 0.6) is 0 Å². The Kier molecular flexibility index (Phi) is 3.26. The first-order valence-corrected chi connectivity index (χ1v) is 5.51. The van der Waals surface area contributed by atoms with Crippen LogP contribution in [0, 0.1) is 6.92 Å². The third-order valence-electron chi connectivity index (χ3n) is 2.31. The topological polar surface area (TPSA) is 101 Å². The molecule has 1 aromatic heterocycles. The van der Waals surface area contributed by atoms with Crippen LogP contribution >= 0.6 is 11.6 Å². The van der Waals surface area contributed by atoms with Gasteiger partial charge in [0.25, 0.3) is 0 Å². The second kappa shape index (κ2) is 4.74. The number of hydrogen-bond acceptors (Lipinski definition) is 4. The van der Waals surface area contributed by atoms with Crippen molar-refractivity contribution in [3.05, 3.63) is 40.2 Å². The van der Waals surface area contributed by atoms with E-state index in [-0.39, 0.29) is 5.89 Å². The Hall–Kier alpha value is -2.34. The van der Waals surface area contributed by atoms with E-state index in [1.807, 2.05) is 0 Å². The molecule has 1 heterocycles. The molecule has 0 spiro atoms. The van der Waals surface area contributed by atoms with Crippen LogP contribution in [0.25, 0.3) is 11.5 Å². The zero-order valence-electron chi connectivity index (χ0n) is 9.68. The van der Waals surface area contributed by atoms with Crippen LogP contribution in [-0.2, 0) is 0 Å². The number of carboxylic acid groups (broad SMARTS) is 2. The molecular formula is C12H8ClNO5. The predicted molar refractivity (Wildman–Crippen MR) is 65.6 cm³/mol. The summed E-state index contributed by atoms with van der Waals surface area (Å²) in [6.45, 7) is 1.79. The van der Waals surface area contributed by atoms with Gasteiger partial charge in [-0.1, -0.05) is 11.6 Å². The van der Waals surface area contributed by atoms with E-state index in [0.29, 0.717) is 10.6 Å². The Morgan fingerprint density at radius 3 is 2.37 bits per heavy atom. The molecule has 7 heteroatoms. The van der Waals surface area contributed by atoms with Crippen LogP contribution < -0.4 is 0 Å². The Morgan fingerprint density at radius 2 is 1.89 bits per heavy atom. The van der Waals surface area contributed by atoms with E-state index in [4.69, 9.17) is 26.2 Å². The normalized spacial score (nSPS) is 10.4. The van der Waals surface area contributed by atoms with Gasteiger partial charge in [0.05, 0.1) is 0 Å². The summed E-state index contributed by atoms with van der Waals surface area (Å²) < 4.78 is 4.98. The van der Waals surface area contributed by atoms with Gasteiger partial charge in [0.2, 0.25) is 17.3 Å². The van der Waals surface area contributed by atoms with Crippen LogP contribution in [0.1, 0.15) is 26.6 Å². The third-order valence-corrected chi connectivity index (χ3v) is 2.53. The SMILES string of the molecule is Cc1cc(Cl)cc(-c2nc(C(=O)O)c(C(=O)O)o2)c1. The van der Waals surface area contributed by atoms with Gasteiger partial charge in [0, 0.05) is 10.6 Å². The van der Waals surface area contributed by atoms with Crippen molar-refractivity contribution >= 4 is 23.5 Å². The molecule has 0 aliphatic heterocycles. The average Bonchev–Trinajstić information content (AvgIpc) is 2.72. The number of oxazole rings is 1. The highest BCUT2D eigenvalue weighted by Crippen LogP contribution is 2.26. The first-order valence-electron chi connectivity index (χ1n) is 5.13. The van der Waals surface area contributed by atoms with E-state index in [2.05, 4.69) is 4.98 Å². The van der Waals surface area contributed by atoms with Gasteiger partial charge < -0.3 is 14.6 Å². The molecular weight excluding hydrogens is 274 g/mol. The highest BCUT2D eigenvalue weighted by Gasteiger charge is 2.25. The molecule has 98 valence electrons. The minimum absolute atomic E-state index is 0.0969. The lowest BCUT2D eigenvalue weighted by atomic mass is 10.1. The Labute approximate surface area is 112 Å². The Balaban J connectivity index is 2.60. The molecule has 0 aliphatic rings. The molecule has 0 amide bonds. The Morgan fingerprint density at radius 1 is 1.21 bits per heavy atom. The second-order valence-electron chi connectivity index (χ2n) is 3.82. The zero-order valence-corrected chi connectivity index (χ0v) is 10.4. The predicted octanol–water partition coefficient (Wildman–Crippen LogP) is 2.70. The molecule has 0 fully saturated rings. The summed E-state index contributed by atoms with van der Waals surface area (Å²) in [5.74, 6) is -3.76. The molecule has 0 radical (unpaired) electrons. The molecule has 0 saturated carbocycles. The van der Waals surface area contributed by atoms with E-state index in [0.717, 1.165) is 5.56 Å². The van der Waals surface area contributed by atoms with E-state index in [9.17, 15) is 9.59 Å². The zero-order chi connectivity index (χ0) is 14.2. The molecule has 0 saturated heterocycles. The number of aromatic nitrogens is 1. The number of aromatic carboxylic acids is 2. The second-order valence-corrected chi connectivity index (χ2v) is 4.26. The fraction of sp³-hybridized carbons (Fsp3) is 0.0833. The molecule has 1 aromatic carbocycles. The van der Waals surface area contributed by atoms with Crippen molar-refractivity contribution in [1.29, 1.82) is 0 Å². The Bertz CT molecular complexity index is 625. The lowest BCUT2D eigenvalue weighted by molar-refractivity contribution is 0.0624. The van der Waals surface area contributed by atoms with Gasteiger partial charge in [0.1, 0.15) is 0 Å². The van der Waals surface area contributed by atoms with Gasteiger partial charge >= 0.3 is 11.9 Å². The molecule has 0 unspecified atom stereocenters. The number of rotatable bonds is 3. The van der Waals surface area contributed by atoms with Crippen molar-refractivity contribution in [3.8, 4) is 11.5 Å². The summed E-state index contributed by atoms with van der Waals surface area (Å²) in [4.78, 5) is 25.5. The summed E-state index contributed by atoms with van der Waals surface area (Å²) in [7, 11) is 0. The maximum atomic E-state index is 10.9. The molecule has 0 bridgehead atoms. The van der Waals surface area contributed by atoms with Crippen molar-refractivity contribution in [3.63, 3.8) is 0 Å². The van der Waals surface area contributed by atoms with Crippen LogP contribution in [0.4, 0.5) is 0 Å². The molecule has 2 N–H and O–H groups in total. The highest BCUT2D eigenvalue weighted by atomic mass is 35.5. The van der Waals surface area contributed by atoms with E-state index < -0.39 is 23.4 Å².